The predicted molar refractivity (Wildman–Crippen MR) is 199 cm³/mol. The van der Waals surface area contributed by atoms with Gasteiger partial charge >= 0.3 is 0 Å². The predicted octanol–water partition coefficient (Wildman–Crippen LogP) is 8.16. The zero-order valence-corrected chi connectivity index (χ0v) is 28.1. The molecule has 8 aromatic rings. The van der Waals surface area contributed by atoms with Crippen LogP contribution in [0, 0.1) is 0 Å². The Kier molecular flexibility index (Phi) is 8.81. The van der Waals surface area contributed by atoms with E-state index in [1.807, 2.05) is 60.7 Å². The lowest BCUT2D eigenvalue weighted by Gasteiger charge is -2.12. The molecule has 1 atom stereocenters. The van der Waals surface area contributed by atoms with Gasteiger partial charge in [0.05, 0.1) is 35.4 Å². The highest BCUT2D eigenvalue weighted by Gasteiger charge is 2.22. The first-order valence-electron chi connectivity index (χ1n) is 16.8. The highest BCUT2D eigenvalue weighted by Crippen LogP contribution is 2.30. The van der Waals surface area contributed by atoms with E-state index in [-0.39, 0.29) is 18.1 Å². The molecule has 4 aromatic carbocycles. The number of aromatic hydroxyl groups is 1. The van der Waals surface area contributed by atoms with E-state index in [2.05, 4.69) is 15.0 Å². The van der Waals surface area contributed by atoms with E-state index in [4.69, 9.17) is 9.72 Å². The van der Waals surface area contributed by atoms with Crippen molar-refractivity contribution in [3.05, 3.63) is 163 Å². The molecule has 4 aromatic heterocycles. The number of hydrogen-bond donors (Lipinski definition) is 4. The molecule has 4 N–H and O–H groups in total. The Balaban J connectivity index is 0.914. The van der Waals surface area contributed by atoms with E-state index in [0.717, 1.165) is 16.8 Å². The van der Waals surface area contributed by atoms with Crippen LogP contribution < -0.4 is 4.74 Å². The SMILES string of the molecule is O=C(Cc1ccccc1O)n1cccc1-c1ncc(-c2ccc(Oc3ccc(-c4c[nH]c(-c5cccn5C(=O)C(O)c5ccccc5)n4)cc3)cc2)[nH]1. The van der Waals surface area contributed by atoms with Gasteiger partial charge < -0.3 is 24.9 Å². The Morgan fingerprint density at radius 2 is 1.36 bits per heavy atom. The van der Waals surface area contributed by atoms with Crippen molar-refractivity contribution >= 4 is 11.8 Å². The molecule has 0 fully saturated rings. The number of aromatic nitrogens is 6. The summed E-state index contributed by atoms with van der Waals surface area (Å²) in [5, 5.41) is 20.8. The lowest BCUT2D eigenvalue weighted by molar-refractivity contribution is 0.0656. The van der Waals surface area contributed by atoms with Crippen molar-refractivity contribution in [2.75, 3.05) is 0 Å². The third-order valence-corrected chi connectivity index (χ3v) is 8.88. The molecule has 1 unspecified atom stereocenters. The molecule has 0 aliphatic rings. The lowest BCUT2D eigenvalue weighted by atomic mass is 10.1. The molecule has 4 heterocycles. The van der Waals surface area contributed by atoms with Crippen molar-refractivity contribution in [3.63, 3.8) is 0 Å². The van der Waals surface area contributed by atoms with Gasteiger partial charge in [-0.25, -0.2) is 9.97 Å². The molecule has 260 valence electrons. The summed E-state index contributed by atoms with van der Waals surface area (Å²) < 4.78 is 9.04. The first-order valence-corrected chi connectivity index (χ1v) is 16.8. The third kappa shape index (κ3) is 6.79. The third-order valence-electron chi connectivity index (χ3n) is 8.88. The maximum absolute atomic E-state index is 13.1. The highest BCUT2D eigenvalue weighted by molar-refractivity contribution is 5.88. The van der Waals surface area contributed by atoms with E-state index in [1.54, 1.807) is 91.5 Å². The summed E-state index contributed by atoms with van der Waals surface area (Å²) in [5.74, 6) is 1.76. The van der Waals surface area contributed by atoms with Crippen LogP contribution in [0.1, 0.15) is 26.8 Å². The van der Waals surface area contributed by atoms with Gasteiger partial charge in [0.1, 0.15) is 17.2 Å². The minimum absolute atomic E-state index is 0.0524. The molecule has 0 spiro atoms. The second kappa shape index (κ2) is 14.2. The number of phenols is 1. The molecule has 0 amide bonds. The number of hydrogen-bond acceptors (Lipinski definition) is 7. The number of carbonyl (C=O) groups excluding carboxylic acids is 2. The van der Waals surface area contributed by atoms with Gasteiger partial charge in [-0.15, -0.1) is 0 Å². The number of phenolic OH excluding ortho intramolecular Hbond substituents is 1. The summed E-state index contributed by atoms with van der Waals surface area (Å²) in [4.78, 5) is 41.9. The van der Waals surface area contributed by atoms with Crippen molar-refractivity contribution in [2.45, 2.75) is 12.5 Å². The minimum Gasteiger partial charge on any atom is -0.508 e. The average molecular weight is 701 g/mol. The number of H-pyrrole nitrogens is 2. The molecular weight excluding hydrogens is 668 g/mol. The molecule has 0 aliphatic heterocycles. The number of carbonyl (C=O) groups is 2. The van der Waals surface area contributed by atoms with Gasteiger partial charge in [-0.1, -0.05) is 48.5 Å². The summed E-state index contributed by atoms with van der Waals surface area (Å²) in [5.41, 5.74) is 5.44. The second-order valence-corrected chi connectivity index (χ2v) is 12.3. The van der Waals surface area contributed by atoms with E-state index >= 15 is 0 Å². The van der Waals surface area contributed by atoms with Crippen LogP contribution in [0.5, 0.6) is 17.2 Å². The monoisotopic (exact) mass is 700 g/mol. The normalized spacial score (nSPS) is 11.7. The topological polar surface area (TPSA) is 151 Å². The molecule has 53 heavy (non-hydrogen) atoms. The number of imidazole rings is 2. The molecule has 0 bridgehead atoms. The number of aliphatic hydroxyl groups is 1. The molecule has 0 saturated heterocycles. The van der Waals surface area contributed by atoms with Gasteiger partial charge in [0.2, 0.25) is 5.91 Å². The average Bonchev–Trinajstić information content (AvgIpc) is 4.03. The van der Waals surface area contributed by atoms with Crippen molar-refractivity contribution in [2.24, 2.45) is 0 Å². The minimum atomic E-state index is -1.30. The Morgan fingerprint density at radius 1 is 0.717 bits per heavy atom. The Labute approximate surface area is 303 Å². The van der Waals surface area contributed by atoms with Crippen LogP contribution in [0.3, 0.4) is 0 Å². The van der Waals surface area contributed by atoms with E-state index in [0.29, 0.717) is 51.4 Å². The van der Waals surface area contributed by atoms with Crippen LogP contribution in [0.2, 0.25) is 0 Å². The van der Waals surface area contributed by atoms with Crippen LogP contribution in [0.15, 0.2) is 152 Å². The summed E-state index contributed by atoms with van der Waals surface area (Å²) in [6, 6.07) is 37.8. The number of para-hydroxylation sites is 1. The first-order chi connectivity index (χ1) is 25.9. The quantitative estimate of drug-likeness (QED) is 0.112. The van der Waals surface area contributed by atoms with Gasteiger partial charge in [-0.05, 0) is 90.0 Å². The molecular formula is C42H32N6O5. The fourth-order valence-corrected chi connectivity index (χ4v) is 6.11. The van der Waals surface area contributed by atoms with E-state index < -0.39 is 12.0 Å². The van der Waals surface area contributed by atoms with Crippen molar-refractivity contribution < 1.29 is 24.5 Å². The van der Waals surface area contributed by atoms with Crippen LogP contribution in [0.25, 0.3) is 45.6 Å². The van der Waals surface area contributed by atoms with Crippen LogP contribution in [-0.4, -0.2) is 51.1 Å². The summed E-state index contributed by atoms with van der Waals surface area (Å²) >= 11 is 0. The fourth-order valence-electron chi connectivity index (χ4n) is 6.11. The number of aliphatic hydroxyl groups excluding tert-OH is 1. The Morgan fingerprint density at radius 3 is 2.08 bits per heavy atom. The van der Waals surface area contributed by atoms with Crippen LogP contribution in [0.4, 0.5) is 0 Å². The van der Waals surface area contributed by atoms with Crippen molar-refractivity contribution in [1.82, 2.24) is 29.1 Å². The lowest BCUT2D eigenvalue weighted by Crippen LogP contribution is -2.20. The smallest absolute Gasteiger partial charge is 0.264 e. The molecule has 0 saturated carbocycles. The molecule has 8 rings (SSSR count). The number of aromatic amines is 2. The standard InChI is InChI=1S/C42H32N6O5/c49-37-13-5-4-10-30(37)24-38(50)47-22-6-11-35(47)40-43-25-33(45-40)27-14-18-31(19-15-27)53-32-20-16-28(17-21-32)34-26-44-41(46-34)36-12-7-23-48(36)42(52)39(51)29-8-2-1-3-9-29/h1-23,25-26,39,49,51H,24H2,(H,43,45)(H,44,46). The number of benzene rings is 4. The first kappa shape index (κ1) is 32.9. The van der Waals surface area contributed by atoms with Gasteiger partial charge in [-0.3, -0.25) is 18.7 Å². The fraction of sp³-hybridized carbons (Fsp3) is 0.0476. The Hall–Kier alpha value is -7.24. The highest BCUT2D eigenvalue weighted by atomic mass is 16.5. The number of nitrogens with zero attached hydrogens (tertiary/aromatic N) is 4. The van der Waals surface area contributed by atoms with Crippen molar-refractivity contribution in [3.8, 4) is 62.8 Å². The molecule has 11 nitrogen and oxygen atoms in total. The summed E-state index contributed by atoms with van der Waals surface area (Å²) in [7, 11) is 0. The summed E-state index contributed by atoms with van der Waals surface area (Å²) in [6.07, 6.45) is 5.54. The van der Waals surface area contributed by atoms with Gasteiger partial charge in [0.15, 0.2) is 17.8 Å². The van der Waals surface area contributed by atoms with Gasteiger partial charge in [0, 0.05) is 29.7 Å². The number of ether oxygens (including phenoxy) is 1. The zero-order chi connectivity index (χ0) is 36.3. The maximum atomic E-state index is 13.1. The Bertz CT molecular complexity index is 2530. The van der Waals surface area contributed by atoms with Gasteiger partial charge in [0.25, 0.3) is 5.91 Å². The van der Waals surface area contributed by atoms with E-state index in [1.165, 1.54) is 9.13 Å². The van der Waals surface area contributed by atoms with E-state index in [9.17, 15) is 19.8 Å². The largest absolute Gasteiger partial charge is 0.508 e. The molecule has 0 radical (unpaired) electrons. The second-order valence-electron chi connectivity index (χ2n) is 12.3. The number of nitrogens with one attached hydrogen (secondary N) is 2. The van der Waals surface area contributed by atoms with Crippen LogP contribution in [-0.2, 0) is 6.42 Å². The van der Waals surface area contributed by atoms with Crippen LogP contribution >= 0.6 is 0 Å². The van der Waals surface area contributed by atoms with Crippen molar-refractivity contribution in [1.29, 1.82) is 0 Å². The number of rotatable bonds is 10. The summed E-state index contributed by atoms with van der Waals surface area (Å²) in [6.45, 7) is 0. The zero-order valence-electron chi connectivity index (χ0n) is 28.1. The van der Waals surface area contributed by atoms with Gasteiger partial charge in [-0.2, -0.15) is 0 Å². The maximum Gasteiger partial charge on any atom is 0.264 e. The molecule has 11 heteroatoms. The molecule has 0 aliphatic carbocycles.